The molecule has 0 heterocycles. The van der Waals surface area contributed by atoms with E-state index < -0.39 is 40.4 Å². The van der Waals surface area contributed by atoms with Crippen LogP contribution in [0.25, 0.3) is 0 Å². The third kappa shape index (κ3) is 8.19. The standard InChI is InChI=1S/C15H18F3NO6S/c1-26(23,24)11-6-4-10(5-7-11)25-8-2-3-13(20)19-12(14(21)22)9-15(16,17)18/h4-7,12H,2-3,8-9H2,1H3,(H,19,20)(H,21,22). The van der Waals surface area contributed by atoms with Crippen molar-refractivity contribution in [1.29, 1.82) is 0 Å². The Kier molecular flexibility index (Phi) is 7.42. The number of aliphatic carboxylic acids is 1. The first-order chi connectivity index (χ1) is 11.9. The van der Waals surface area contributed by atoms with Crippen LogP contribution < -0.4 is 10.1 Å². The number of ether oxygens (including phenoxy) is 1. The number of halogens is 3. The fraction of sp³-hybridized carbons (Fsp3) is 0.467. The fourth-order valence-corrected chi connectivity index (χ4v) is 2.53. The monoisotopic (exact) mass is 397 g/mol. The van der Waals surface area contributed by atoms with E-state index >= 15 is 0 Å². The molecule has 11 heteroatoms. The van der Waals surface area contributed by atoms with Crippen LogP contribution >= 0.6 is 0 Å². The van der Waals surface area contributed by atoms with Crippen molar-refractivity contribution in [2.45, 2.75) is 36.4 Å². The molecule has 146 valence electrons. The van der Waals surface area contributed by atoms with Crippen LogP contribution in [0.5, 0.6) is 5.75 Å². The first-order valence-electron chi connectivity index (χ1n) is 7.40. The summed E-state index contributed by atoms with van der Waals surface area (Å²) in [6.07, 6.45) is -5.39. The van der Waals surface area contributed by atoms with Crippen molar-refractivity contribution < 1.29 is 41.0 Å². The van der Waals surface area contributed by atoms with Gasteiger partial charge in [0, 0.05) is 12.7 Å². The first kappa shape index (κ1) is 21.7. The van der Waals surface area contributed by atoms with E-state index in [1.807, 2.05) is 5.32 Å². The molecule has 0 saturated heterocycles. The van der Waals surface area contributed by atoms with Crippen molar-refractivity contribution in [3.63, 3.8) is 0 Å². The maximum absolute atomic E-state index is 12.2. The number of carboxylic acids is 1. The molecule has 26 heavy (non-hydrogen) atoms. The lowest BCUT2D eigenvalue weighted by atomic mass is 10.2. The largest absolute Gasteiger partial charge is 0.494 e. The molecule has 0 fully saturated rings. The van der Waals surface area contributed by atoms with Crippen molar-refractivity contribution in [2.75, 3.05) is 12.9 Å². The molecule has 0 saturated carbocycles. The predicted octanol–water partition coefficient (Wildman–Crippen LogP) is 1.77. The van der Waals surface area contributed by atoms with Gasteiger partial charge in [-0.15, -0.1) is 0 Å². The van der Waals surface area contributed by atoms with E-state index in [4.69, 9.17) is 9.84 Å². The summed E-state index contributed by atoms with van der Waals surface area (Å²) in [4.78, 5) is 22.4. The zero-order valence-electron chi connectivity index (χ0n) is 13.7. The number of carbonyl (C=O) groups excluding carboxylic acids is 1. The molecule has 0 aliphatic rings. The van der Waals surface area contributed by atoms with Crippen molar-refractivity contribution >= 4 is 21.7 Å². The highest BCUT2D eigenvalue weighted by Gasteiger charge is 2.36. The van der Waals surface area contributed by atoms with E-state index in [0.29, 0.717) is 5.75 Å². The topological polar surface area (TPSA) is 110 Å². The van der Waals surface area contributed by atoms with Crippen LogP contribution in [0.4, 0.5) is 13.2 Å². The number of hydrogen-bond donors (Lipinski definition) is 2. The molecule has 0 aliphatic heterocycles. The van der Waals surface area contributed by atoms with Gasteiger partial charge in [-0.1, -0.05) is 0 Å². The number of carboxylic acid groups (broad SMARTS) is 1. The molecule has 0 radical (unpaired) electrons. The van der Waals surface area contributed by atoms with Crippen molar-refractivity contribution in [3.8, 4) is 5.75 Å². The summed E-state index contributed by atoms with van der Waals surface area (Å²) in [7, 11) is -3.32. The summed E-state index contributed by atoms with van der Waals surface area (Å²) in [5.74, 6) is -2.24. The highest BCUT2D eigenvalue weighted by atomic mass is 32.2. The molecule has 7 nitrogen and oxygen atoms in total. The molecule has 1 amide bonds. The van der Waals surface area contributed by atoms with Gasteiger partial charge in [-0.3, -0.25) is 4.79 Å². The summed E-state index contributed by atoms with van der Waals surface area (Å²) in [6.45, 7) is 0.0443. The van der Waals surface area contributed by atoms with E-state index in [9.17, 15) is 31.2 Å². The predicted molar refractivity (Wildman–Crippen MR) is 84.5 cm³/mol. The summed E-state index contributed by atoms with van der Waals surface area (Å²) >= 11 is 0. The van der Waals surface area contributed by atoms with Gasteiger partial charge in [0.05, 0.1) is 17.9 Å². The Labute approximate surface area is 148 Å². The smallest absolute Gasteiger partial charge is 0.391 e. The normalized spacial score (nSPS) is 13.1. The molecular weight excluding hydrogens is 379 g/mol. The maximum Gasteiger partial charge on any atom is 0.391 e. The van der Waals surface area contributed by atoms with Gasteiger partial charge in [0.15, 0.2) is 9.84 Å². The average molecular weight is 397 g/mol. The summed E-state index contributed by atoms with van der Waals surface area (Å²) in [5, 5.41) is 10.5. The zero-order chi connectivity index (χ0) is 20.0. The minimum atomic E-state index is -4.71. The number of benzene rings is 1. The second-order valence-corrected chi connectivity index (χ2v) is 7.49. The third-order valence-corrected chi connectivity index (χ3v) is 4.27. The van der Waals surface area contributed by atoms with E-state index in [2.05, 4.69) is 0 Å². The molecule has 2 N–H and O–H groups in total. The Hall–Kier alpha value is -2.30. The second-order valence-electron chi connectivity index (χ2n) is 5.47. The molecule has 0 aromatic heterocycles. The minimum absolute atomic E-state index is 0.0443. The lowest BCUT2D eigenvalue weighted by molar-refractivity contribution is -0.160. The van der Waals surface area contributed by atoms with Crippen LogP contribution in [0.15, 0.2) is 29.2 Å². The van der Waals surface area contributed by atoms with E-state index in [1.165, 1.54) is 24.3 Å². The molecule has 0 bridgehead atoms. The average Bonchev–Trinajstić information content (AvgIpc) is 2.49. The van der Waals surface area contributed by atoms with E-state index in [1.54, 1.807) is 0 Å². The van der Waals surface area contributed by atoms with E-state index in [-0.39, 0.29) is 24.3 Å². The van der Waals surface area contributed by atoms with Crippen LogP contribution in [0.1, 0.15) is 19.3 Å². The number of sulfone groups is 1. The fourth-order valence-electron chi connectivity index (χ4n) is 1.90. The van der Waals surface area contributed by atoms with Gasteiger partial charge in [0.25, 0.3) is 0 Å². The summed E-state index contributed by atoms with van der Waals surface area (Å²) in [5.41, 5.74) is 0. The van der Waals surface area contributed by atoms with Crippen LogP contribution in [-0.2, 0) is 19.4 Å². The van der Waals surface area contributed by atoms with Crippen LogP contribution in [0.3, 0.4) is 0 Å². The Balaban J connectivity index is 2.40. The molecule has 1 rings (SSSR count). The highest BCUT2D eigenvalue weighted by molar-refractivity contribution is 7.90. The Morgan fingerprint density at radius 3 is 2.27 bits per heavy atom. The van der Waals surface area contributed by atoms with Gasteiger partial charge >= 0.3 is 12.1 Å². The number of hydrogen-bond acceptors (Lipinski definition) is 5. The Bertz CT molecular complexity index is 731. The zero-order valence-corrected chi connectivity index (χ0v) is 14.6. The second kappa shape index (κ2) is 8.88. The molecule has 1 aromatic rings. The third-order valence-electron chi connectivity index (χ3n) is 3.14. The van der Waals surface area contributed by atoms with Gasteiger partial charge in [0.2, 0.25) is 5.91 Å². The number of amides is 1. The molecular formula is C15H18F3NO6S. The Morgan fingerprint density at radius 1 is 1.23 bits per heavy atom. The van der Waals surface area contributed by atoms with Crippen LogP contribution in [-0.4, -0.2) is 50.5 Å². The summed E-state index contributed by atoms with van der Waals surface area (Å²) in [6, 6.07) is 3.53. The number of alkyl halides is 3. The summed E-state index contributed by atoms with van der Waals surface area (Å²) < 4.78 is 64.6. The maximum atomic E-state index is 12.2. The quantitative estimate of drug-likeness (QED) is 0.615. The van der Waals surface area contributed by atoms with Crippen molar-refractivity contribution in [2.24, 2.45) is 0 Å². The highest BCUT2D eigenvalue weighted by Crippen LogP contribution is 2.21. The van der Waals surface area contributed by atoms with E-state index in [0.717, 1.165) is 6.26 Å². The Morgan fingerprint density at radius 2 is 1.81 bits per heavy atom. The lowest BCUT2D eigenvalue weighted by Crippen LogP contribution is -2.43. The molecule has 1 atom stereocenters. The number of rotatable bonds is 9. The van der Waals surface area contributed by atoms with Gasteiger partial charge < -0.3 is 15.2 Å². The first-order valence-corrected chi connectivity index (χ1v) is 9.29. The molecule has 0 spiro atoms. The van der Waals surface area contributed by atoms with Crippen molar-refractivity contribution in [3.05, 3.63) is 24.3 Å². The van der Waals surface area contributed by atoms with Crippen molar-refractivity contribution in [1.82, 2.24) is 5.32 Å². The van der Waals surface area contributed by atoms with Gasteiger partial charge in [-0.25, -0.2) is 13.2 Å². The van der Waals surface area contributed by atoms with Crippen LogP contribution in [0, 0.1) is 0 Å². The SMILES string of the molecule is CS(=O)(=O)c1ccc(OCCCC(=O)NC(CC(F)(F)F)C(=O)O)cc1. The number of carbonyl (C=O) groups is 2. The van der Waals surface area contributed by atoms with Crippen LogP contribution in [0.2, 0.25) is 0 Å². The molecule has 1 aromatic carbocycles. The molecule has 0 aliphatic carbocycles. The van der Waals surface area contributed by atoms with Gasteiger partial charge in [-0.05, 0) is 30.7 Å². The molecule has 1 unspecified atom stereocenters. The van der Waals surface area contributed by atoms with Gasteiger partial charge in [0.1, 0.15) is 11.8 Å². The number of nitrogens with one attached hydrogen (secondary N) is 1. The lowest BCUT2D eigenvalue weighted by Gasteiger charge is -2.16. The van der Waals surface area contributed by atoms with Gasteiger partial charge in [-0.2, -0.15) is 13.2 Å². The minimum Gasteiger partial charge on any atom is -0.494 e.